The quantitative estimate of drug-likeness (QED) is 0.873. The summed E-state index contributed by atoms with van der Waals surface area (Å²) in [5.41, 5.74) is 7.98. The zero-order chi connectivity index (χ0) is 15.1. The Labute approximate surface area is 127 Å². The van der Waals surface area contributed by atoms with Crippen molar-refractivity contribution in [3.05, 3.63) is 29.8 Å². The van der Waals surface area contributed by atoms with Crippen molar-refractivity contribution in [3.63, 3.8) is 0 Å². The standard InChI is InChI=1S/C17H27N3O/c1-15-6-8-16(9-7-15)20(13-5-10-18)14-17(21)19-11-3-2-4-12-19/h6-9H,2-5,10-14,18H2,1H3. The maximum Gasteiger partial charge on any atom is 0.242 e. The van der Waals surface area contributed by atoms with Crippen LogP contribution < -0.4 is 10.6 Å². The zero-order valence-corrected chi connectivity index (χ0v) is 13.1. The second kappa shape index (κ2) is 8.03. The molecule has 1 fully saturated rings. The SMILES string of the molecule is Cc1ccc(N(CCCN)CC(=O)N2CCCCC2)cc1. The van der Waals surface area contributed by atoms with E-state index < -0.39 is 0 Å². The summed E-state index contributed by atoms with van der Waals surface area (Å²) in [5.74, 6) is 0.243. The van der Waals surface area contributed by atoms with Crippen LogP contribution in [-0.4, -0.2) is 43.5 Å². The largest absolute Gasteiger partial charge is 0.362 e. The number of hydrogen-bond acceptors (Lipinski definition) is 3. The van der Waals surface area contributed by atoms with Crippen LogP contribution in [0.25, 0.3) is 0 Å². The molecule has 4 heteroatoms. The minimum Gasteiger partial charge on any atom is -0.362 e. The number of benzene rings is 1. The molecular formula is C17H27N3O. The predicted molar refractivity (Wildman–Crippen MR) is 87.5 cm³/mol. The van der Waals surface area contributed by atoms with E-state index in [4.69, 9.17) is 5.73 Å². The number of hydrogen-bond donors (Lipinski definition) is 1. The third-order valence-electron chi connectivity index (χ3n) is 4.07. The fraction of sp³-hybridized carbons (Fsp3) is 0.588. The monoisotopic (exact) mass is 289 g/mol. The highest BCUT2D eigenvalue weighted by atomic mass is 16.2. The van der Waals surface area contributed by atoms with Crippen LogP contribution in [0.2, 0.25) is 0 Å². The second-order valence-electron chi connectivity index (χ2n) is 5.84. The molecule has 1 aliphatic rings. The number of aryl methyl sites for hydroxylation is 1. The van der Waals surface area contributed by atoms with Crippen LogP contribution in [0, 0.1) is 6.92 Å². The molecule has 1 heterocycles. The lowest BCUT2D eigenvalue weighted by Crippen LogP contribution is -2.43. The number of piperidine rings is 1. The molecule has 1 amide bonds. The molecule has 0 aromatic heterocycles. The summed E-state index contributed by atoms with van der Waals surface area (Å²) < 4.78 is 0. The van der Waals surface area contributed by atoms with E-state index in [0.717, 1.165) is 44.6 Å². The lowest BCUT2D eigenvalue weighted by atomic mass is 10.1. The van der Waals surface area contributed by atoms with Gasteiger partial charge in [0.25, 0.3) is 0 Å². The van der Waals surface area contributed by atoms with E-state index in [1.165, 1.54) is 12.0 Å². The number of likely N-dealkylation sites (tertiary alicyclic amines) is 1. The minimum absolute atomic E-state index is 0.243. The first kappa shape index (κ1) is 15.8. The molecule has 21 heavy (non-hydrogen) atoms. The number of rotatable bonds is 6. The number of amides is 1. The summed E-state index contributed by atoms with van der Waals surface area (Å²) in [6, 6.07) is 8.37. The Morgan fingerprint density at radius 2 is 1.86 bits per heavy atom. The van der Waals surface area contributed by atoms with Crippen LogP contribution in [-0.2, 0) is 4.79 Å². The molecule has 2 N–H and O–H groups in total. The molecule has 0 bridgehead atoms. The lowest BCUT2D eigenvalue weighted by molar-refractivity contribution is -0.130. The first-order valence-electron chi connectivity index (χ1n) is 8.00. The van der Waals surface area contributed by atoms with Crippen LogP contribution in [0.15, 0.2) is 24.3 Å². The van der Waals surface area contributed by atoms with Crippen LogP contribution in [0.3, 0.4) is 0 Å². The fourth-order valence-electron chi connectivity index (χ4n) is 2.74. The molecule has 1 aromatic carbocycles. The first-order chi connectivity index (χ1) is 10.2. The highest BCUT2D eigenvalue weighted by Gasteiger charge is 2.19. The number of anilines is 1. The Balaban J connectivity index is 2.01. The van der Waals surface area contributed by atoms with Gasteiger partial charge in [-0.05, 0) is 51.3 Å². The van der Waals surface area contributed by atoms with Gasteiger partial charge in [0.05, 0.1) is 6.54 Å². The molecule has 0 unspecified atom stereocenters. The Morgan fingerprint density at radius 3 is 2.48 bits per heavy atom. The smallest absolute Gasteiger partial charge is 0.242 e. The second-order valence-corrected chi connectivity index (χ2v) is 5.84. The summed E-state index contributed by atoms with van der Waals surface area (Å²) in [4.78, 5) is 16.6. The summed E-state index contributed by atoms with van der Waals surface area (Å²) in [6.45, 7) is 5.85. The Bertz CT molecular complexity index is 438. The predicted octanol–water partition coefficient (Wildman–Crippen LogP) is 2.16. The summed E-state index contributed by atoms with van der Waals surface area (Å²) in [7, 11) is 0. The van der Waals surface area contributed by atoms with Crippen molar-refractivity contribution in [1.29, 1.82) is 0 Å². The maximum absolute atomic E-state index is 12.5. The molecule has 116 valence electrons. The van der Waals surface area contributed by atoms with Crippen LogP contribution in [0.4, 0.5) is 5.69 Å². The maximum atomic E-state index is 12.5. The van der Waals surface area contributed by atoms with Gasteiger partial charge in [0, 0.05) is 25.3 Å². The number of nitrogens with zero attached hydrogens (tertiary/aromatic N) is 2. The molecule has 1 aliphatic heterocycles. The first-order valence-corrected chi connectivity index (χ1v) is 8.00. The van der Waals surface area contributed by atoms with Gasteiger partial charge in [-0.15, -0.1) is 0 Å². The number of nitrogens with two attached hydrogens (primary N) is 1. The fourth-order valence-corrected chi connectivity index (χ4v) is 2.74. The number of carbonyl (C=O) groups is 1. The molecule has 2 rings (SSSR count). The molecule has 0 atom stereocenters. The minimum atomic E-state index is 0.243. The molecule has 0 spiro atoms. The van der Waals surface area contributed by atoms with Crippen molar-refractivity contribution in [3.8, 4) is 0 Å². The molecular weight excluding hydrogens is 262 g/mol. The van der Waals surface area contributed by atoms with Crippen LogP contribution in [0.1, 0.15) is 31.2 Å². The van der Waals surface area contributed by atoms with Crippen molar-refractivity contribution >= 4 is 11.6 Å². The van der Waals surface area contributed by atoms with Gasteiger partial charge in [0.2, 0.25) is 5.91 Å². The van der Waals surface area contributed by atoms with Gasteiger partial charge in [-0.3, -0.25) is 4.79 Å². The van der Waals surface area contributed by atoms with E-state index in [1.54, 1.807) is 0 Å². The molecule has 1 saturated heterocycles. The lowest BCUT2D eigenvalue weighted by Gasteiger charge is -2.31. The molecule has 0 aliphatic carbocycles. The summed E-state index contributed by atoms with van der Waals surface area (Å²) in [5, 5.41) is 0. The number of carbonyl (C=O) groups excluding carboxylic acids is 1. The third kappa shape index (κ3) is 4.74. The average Bonchev–Trinajstić information content (AvgIpc) is 2.53. The molecule has 0 saturated carbocycles. The molecule has 0 radical (unpaired) electrons. The zero-order valence-electron chi connectivity index (χ0n) is 13.1. The Kier molecular flexibility index (Phi) is 6.05. The van der Waals surface area contributed by atoms with Crippen molar-refractivity contribution in [2.24, 2.45) is 5.73 Å². The van der Waals surface area contributed by atoms with Crippen molar-refractivity contribution in [1.82, 2.24) is 4.90 Å². The normalized spacial score (nSPS) is 15.0. The van der Waals surface area contributed by atoms with Crippen molar-refractivity contribution in [2.75, 3.05) is 37.6 Å². The topological polar surface area (TPSA) is 49.6 Å². The third-order valence-corrected chi connectivity index (χ3v) is 4.07. The average molecular weight is 289 g/mol. The molecule has 4 nitrogen and oxygen atoms in total. The van der Waals surface area contributed by atoms with E-state index in [2.05, 4.69) is 36.1 Å². The van der Waals surface area contributed by atoms with E-state index in [0.29, 0.717) is 13.1 Å². The Hall–Kier alpha value is -1.55. The van der Waals surface area contributed by atoms with E-state index in [9.17, 15) is 4.79 Å². The summed E-state index contributed by atoms with van der Waals surface area (Å²) >= 11 is 0. The summed E-state index contributed by atoms with van der Waals surface area (Å²) in [6.07, 6.45) is 4.43. The van der Waals surface area contributed by atoms with Gasteiger partial charge in [-0.25, -0.2) is 0 Å². The van der Waals surface area contributed by atoms with Crippen molar-refractivity contribution in [2.45, 2.75) is 32.6 Å². The van der Waals surface area contributed by atoms with E-state index in [1.807, 2.05) is 4.90 Å². The van der Waals surface area contributed by atoms with Gasteiger partial charge >= 0.3 is 0 Å². The van der Waals surface area contributed by atoms with E-state index >= 15 is 0 Å². The van der Waals surface area contributed by atoms with Crippen LogP contribution in [0.5, 0.6) is 0 Å². The van der Waals surface area contributed by atoms with Crippen molar-refractivity contribution < 1.29 is 4.79 Å². The van der Waals surface area contributed by atoms with Gasteiger partial charge in [0.1, 0.15) is 0 Å². The van der Waals surface area contributed by atoms with E-state index in [-0.39, 0.29) is 5.91 Å². The molecule has 1 aromatic rings. The van der Waals surface area contributed by atoms with Gasteiger partial charge in [-0.2, -0.15) is 0 Å². The van der Waals surface area contributed by atoms with Gasteiger partial charge in [-0.1, -0.05) is 17.7 Å². The Morgan fingerprint density at radius 1 is 1.19 bits per heavy atom. The highest BCUT2D eigenvalue weighted by Crippen LogP contribution is 2.16. The van der Waals surface area contributed by atoms with Gasteiger partial charge < -0.3 is 15.5 Å². The van der Waals surface area contributed by atoms with Gasteiger partial charge in [0.15, 0.2) is 0 Å². The highest BCUT2D eigenvalue weighted by molar-refractivity contribution is 5.81. The van der Waals surface area contributed by atoms with Crippen LogP contribution >= 0.6 is 0 Å².